The number of rotatable bonds is 6. The molecule has 38 heavy (non-hydrogen) atoms. The van der Waals surface area contributed by atoms with Crippen molar-refractivity contribution in [3.05, 3.63) is 113 Å². The Balaban J connectivity index is 1.36. The molecule has 0 saturated carbocycles. The minimum atomic E-state index is -4.51. The summed E-state index contributed by atoms with van der Waals surface area (Å²) in [7, 11) is 0. The second-order valence-corrected chi connectivity index (χ2v) is 9.87. The standard InChI is InChI=1S/C31H29F3N2O2/c1-21-15-24(18-25(16-21)31(32,33)34)30(37)36-14-12-27(19-26(36)17-22-7-3-2-4-8-22)38-20-23-11-13-35-29-10-6-5-9-28(23)29/h2-11,13,15-16,18,26-27H,12,14,17,19-20H2,1H3/t26-,27+/m1/s1. The number of aromatic nitrogens is 1. The maximum absolute atomic E-state index is 13.6. The smallest absolute Gasteiger partial charge is 0.373 e. The number of hydrogen-bond donors (Lipinski definition) is 0. The average molecular weight is 519 g/mol. The molecule has 0 aliphatic carbocycles. The summed E-state index contributed by atoms with van der Waals surface area (Å²) < 4.78 is 46.7. The summed E-state index contributed by atoms with van der Waals surface area (Å²) in [5, 5.41) is 1.04. The summed E-state index contributed by atoms with van der Waals surface area (Å²) in [5.41, 5.74) is 2.70. The van der Waals surface area contributed by atoms with Crippen LogP contribution in [0.5, 0.6) is 0 Å². The second-order valence-electron chi connectivity index (χ2n) is 9.87. The van der Waals surface area contributed by atoms with E-state index in [1.165, 1.54) is 6.07 Å². The number of alkyl halides is 3. The van der Waals surface area contributed by atoms with Gasteiger partial charge in [-0.1, -0.05) is 48.5 Å². The van der Waals surface area contributed by atoms with Crippen molar-refractivity contribution in [1.82, 2.24) is 9.88 Å². The van der Waals surface area contributed by atoms with Crippen LogP contribution in [0.25, 0.3) is 10.9 Å². The molecule has 1 amide bonds. The predicted octanol–water partition coefficient (Wildman–Crippen LogP) is 6.99. The zero-order valence-electron chi connectivity index (χ0n) is 21.1. The Morgan fingerprint density at radius 1 is 1.03 bits per heavy atom. The lowest BCUT2D eigenvalue weighted by Gasteiger charge is -2.40. The van der Waals surface area contributed by atoms with Gasteiger partial charge in [-0.05, 0) is 73.2 Å². The number of hydrogen-bond acceptors (Lipinski definition) is 3. The second kappa shape index (κ2) is 11.0. The van der Waals surface area contributed by atoms with Gasteiger partial charge in [0.2, 0.25) is 0 Å². The molecule has 0 bridgehead atoms. The number of halogens is 3. The van der Waals surface area contributed by atoms with Crippen molar-refractivity contribution in [1.29, 1.82) is 0 Å². The van der Waals surface area contributed by atoms with Crippen molar-refractivity contribution >= 4 is 16.8 Å². The first-order valence-corrected chi connectivity index (χ1v) is 12.8. The van der Waals surface area contributed by atoms with Gasteiger partial charge in [0.25, 0.3) is 5.91 Å². The monoisotopic (exact) mass is 518 g/mol. The van der Waals surface area contributed by atoms with Gasteiger partial charge in [0.05, 0.1) is 23.8 Å². The molecule has 196 valence electrons. The molecule has 1 aliphatic rings. The van der Waals surface area contributed by atoms with E-state index in [2.05, 4.69) is 4.98 Å². The van der Waals surface area contributed by atoms with Gasteiger partial charge >= 0.3 is 6.18 Å². The predicted molar refractivity (Wildman–Crippen MR) is 141 cm³/mol. The van der Waals surface area contributed by atoms with E-state index in [4.69, 9.17) is 4.74 Å². The lowest BCUT2D eigenvalue weighted by Crippen LogP contribution is -2.49. The number of amides is 1. The molecule has 1 aliphatic heterocycles. The van der Waals surface area contributed by atoms with Crippen LogP contribution in [-0.4, -0.2) is 34.5 Å². The highest BCUT2D eigenvalue weighted by molar-refractivity contribution is 5.95. The van der Waals surface area contributed by atoms with E-state index >= 15 is 0 Å². The molecule has 0 radical (unpaired) electrons. The van der Waals surface area contributed by atoms with E-state index in [0.29, 0.717) is 38.0 Å². The molecule has 4 nitrogen and oxygen atoms in total. The summed E-state index contributed by atoms with van der Waals surface area (Å²) in [6.45, 7) is 2.41. The number of likely N-dealkylation sites (tertiary alicyclic amines) is 1. The van der Waals surface area contributed by atoms with E-state index < -0.39 is 11.7 Å². The Bertz CT molecular complexity index is 1420. The fourth-order valence-electron chi connectivity index (χ4n) is 5.24. The SMILES string of the molecule is Cc1cc(C(=O)N2CC[C@H](OCc3ccnc4ccccc34)C[C@H]2Cc2ccccc2)cc(C(F)(F)F)c1. The lowest BCUT2D eigenvalue weighted by molar-refractivity contribution is -0.137. The molecule has 1 fully saturated rings. The van der Waals surface area contributed by atoms with E-state index in [9.17, 15) is 18.0 Å². The third-order valence-electron chi connectivity index (χ3n) is 7.11. The number of carbonyl (C=O) groups is 1. The van der Waals surface area contributed by atoms with Crippen molar-refractivity contribution < 1.29 is 22.7 Å². The van der Waals surface area contributed by atoms with E-state index in [1.807, 2.05) is 60.7 Å². The molecule has 0 N–H and O–H groups in total. The molecule has 0 unspecified atom stereocenters. The topological polar surface area (TPSA) is 42.4 Å². The molecule has 2 atom stereocenters. The van der Waals surface area contributed by atoms with E-state index in [1.54, 1.807) is 18.0 Å². The van der Waals surface area contributed by atoms with Gasteiger partial charge < -0.3 is 9.64 Å². The number of benzene rings is 3. The van der Waals surface area contributed by atoms with E-state index in [0.717, 1.165) is 34.2 Å². The quantitative estimate of drug-likeness (QED) is 0.276. The first-order chi connectivity index (χ1) is 18.3. The van der Waals surface area contributed by atoms with Gasteiger partial charge in [0.1, 0.15) is 0 Å². The maximum Gasteiger partial charge on any atom is 0.416 e. The molecule has 1 aromatic heterocycles. The fourth-order valence-corrected chi connectivity index (χ4v) is 5.24. The Labute approximate surface area is 220 Å². The summed E-state index contributed by atoms with van der Waals surface area (Å²) in [6, 6.07) is 23.1. The molecular formula is C31H29F3N2O2. The highest BCUT2D eigenvalue weighted by Crippen LogP contribution is 2.32. The molecular weight excluding hydrogens is 489 g/mol. The van der Waals surface area contributed by atoms with Crippen molar-refractivity contribution in [3.63, 3.8) is 0 Å². The van der Waals surface area contributed by atoms with Crippen LogP contribution in [0.3, 0.4) is 0 Å². The van der Waals surface area contributed by atoms with Crippen LogP contribution >= 0.6 is 0 Å². The zero-order valence-corrected chi connectivity index (χ0v) is 21.1. The summed E-state index contributed by atoms with van der Waals surface area (Å²) >= 11 is 0. The van der Waals surface area contributed by atoms with Gasteiger partial charge in [0, 0.05) is 29.7 Å². The number of pyridine rings is 1. The van der Waals surface area contributed by atoms with Crippen LogP contribution < -0.4 is 0 Å². The fraction of sp³-hybridized carbons (Fsp3) is 0.290. The Hall–Kier alpha value is -3.71. The Kier molecular flexibility index (Phi) is 7.47. The Morgan fingerprint density at radius 2 is 1.79 bits per heavy atom. The Morgan fingerprint density at radius 3 is 2.58 bits per heavy atom. The lowest BCUT2D eigenvalue weighted by atomic mass is 9.92. The summed E-state index contributed by atoms with van der Waals surface area (Å²) in [6.07, 6.45) is -1.01. The largest absolute Gasteiger partial charge is 0.416 e. The third-order valence-corrected chi connectivity index (χ3v) is 7.11. The van der Waals surface area contributed by atoms with Gasteiger partial charge in [-0.15, -0.1) is 0 Å². The van der Waals surface area contributed by atoms with E-state index in [-0.39, 0.29) is 23.6 Å². The van der Waals surface area contributed by atoms with Crippen molar-refractivity contribution in [2.45, 2.75) is 51.1 Å². The number of fused-ring (bicyclic) bond motifs is 1. The van der Waals surface area contributed by atoms with Crippen LogP contribution in [0.1, 0.15) is 45.5 Å². The average Bonchev–Trinajstić information content (AvgIpc) is 2.91. The first kappa shape index (κ1) is 25.9. The van der Waals surface area contributed by atoms with Crippen molar-refractivity contribution in [2.24, 2.45) is 0 Å². The van der Waals surface area contributed by atoms with Crippen LogP contribution in [0.2, 0.25) is 0 Å². The number of para-hydroxylation sites is 1. The summed E-state index contributed by atoms with van der Waals surface area (Å²) in [4.78, 5) is 19.7. The number of nitrogens with zero attached hydrogens (tertiary/aromatic N) is 2. The number of carbonyl (C=O) groups excluding carboxylic acids is 1. The molecule has 7 heteroatoms. The van der Waals surface area contributed by atoms with Crippen LogP contribution in [0.4, 0.5) is 13.2 Å². The number of aryl methyl sites for hydroxylation is 1. The molecule has 5 rings (SSSR count). The maximum atomic E-state index is 13.6. The highest BCUT2D eigenvalue weighted by Gasteiger charge is 2.35. The van der Waals surface area contributed by atoms with Crippen LogP contribution in [0, 0.1) is 6.92 Å². The summed E-state index contributed by atoms with van der Waals surface area (Å²) in [5.74, 6) is -0.376. The van der Waals surface area contributed by atoms with Gasteiger partial charge in [-0.2, -0.15) is 13.2 Å². The third kappa shape index (κ3) is 5.89. The zero-order chi connectivity index (χ0) is 26.7. The molecule has 4 aromatic rings. The van der Waals surface area contributed by atoms with Crippen molar-refractivity contribution in [2.75, 3.05) is 6.54 Å². The normalized spacial score (nSPS) is 18.1. The minimum absolute atomic E-state index is 0.0676. The van der Waals surface area contributed by atoms with Gasteiger partial charge in [-0.25, -0.2) is 0 Å². The first-order valence-electron chi connectivity index (χ1n) is 12.8. The van der Waals surface area contributed by atoms with Crippen LogP contribution in [-0.2, 0) is 23.9 Å². The van der Waals surface area contributed by atoms with Crippen LogP contribution in [0.15, 0.2) is 85.1 Å². The molecule has 1 saturated heterocycles. The number of piperidine rings is 1. The number of ether oxygens (including phenoxy) is 1. The molecule has 2 heterocycles. The highest BCUT2D eigenvalue weighted by atomic mass is 19.4. The van der Waals surface area contributed by atoms with Gasteiger partial charge in [-0.3, -0.25) is 9.78 Å². The molecule has 3 aromatic carbocycles. The van der Waals surface area contributed by atoms with Gasteiger partial charge in [0.15, 0.2) is 0 Å². The minimum Gasteiger partial charge on any atom is -0.373 e. The molecule has 0 spiro atoms. The van der Waals surface area contributed by atoms with Crippen molar-refractivity contribution in [3.8, 4) is 0 Å².